The van der Waals surface area contributed by atoms with E-state index in [0.717, 1.165) is 49.6 Å². The number of phenolic OH excluding ortho intramolecular Hbond substituents is 1. The van der Waals surface area contributed by atoms with Crippen LogP contribution in [0.5, 0.6) is 5.75 Å². The van der Waals surface area contributed by atoms with Crippen molar-refractivity contribution >= 4 is 40.5 Å². The first-order valence-corrected chi connectivity index (χ1v) is 23.6. The van der Waals surface area contributed by atoms with Gasteiger partial charge in [-0.1, -0.05) is 46.4 Å². The average Bonchev–Trinajstić information content (AvgIpc) is 3.92. The summed E-state index contributed by atoms with van der Waals surface area (Å²) in [6.07, 6.45) is 3.69. The van der Waals surface area contributed by atoms with Crippen LogP contribution in [-0.2, 0) is 52.8 Å². The maximum atomic E-state index is 14.8. The lowest BCUT2D eigenvalue weighted by Gasteiger charge is -2.40. The molecule has 4 amide bonds. The molecule has 16 heteroatoms. The molecular weight excluding hydrogens is 867 g/mol. The van der Waals surface area contributed by atoms with Crippen LogP contribution >= 0.6 is 0 Å². The molecule has 5 atom stereocenters. The van der Waals surface area contributed by atoms with Crippen molar-refractivity contribution in [3.8, 4) is 28.1 Å². The Kier molecular flexibility index (Phi) is 14.5. The third-order valence-corrected chi connectivity index (χ3v) is 13.7. The number of fused-ring (bicyclic) bond motifs is 6. The zero-order valence-electron chi connectivity index (χ0n) is 40.8. The van der Waals surface area contributed by atoms with Crippen LogP contribution < -0.4 is 10.7 Å². The number of ether oxygens (including phenoxy) is 2. The molecule has 2 aromatic carbocycles. The number of carbonyl (C=O) groups excluding carboxylic acids is 5. The number of esters is 1. The van der Waals surface area contributed by atoms with E-state index in [0.29, 0.717) is 37.1 Å². The van der Waals surface area contributed by atoms with Gasteiger partial charge in [-0.15, -0.1) is 0 Å². The molecule has 4 N–H and O–H groups in total. The Morgan fingerprint density at radius 3 is 2.54 bits per heavy atom. The number of nitrogens with one attached hydrogen (secondary N) is 2. The van der Waals surface area contributed by atoms with Crippen molar-refractivity contribution in [1.29, 1.82) is 0 Å². The minimum Gasteiger partial charge on any atom is -0.508 e. The molecule has 4 aromatic rings. The Morgan fingerprint density at radius 1 is 1.10 bits per heavy atom. The summed E-state index contributed by atoms with van der Waals surface area (Å²) in [4.78, 5) is 77.4. The summed E-state index contributed by atoms with van der Waals surface area (Å²) < 4.78 is 14.1. The van der Waals surface area contributed by atoms with Crippen molar-refractivity contribution in [2.45, 2.75) is 111 Å². The van der Waals surface area contributed by atoms with Gasteiger partial charge in [0, 0.05) is 81.3 Å². The van der Waals surface area contributed by atoms with Gasteiger partial charge >= 0.3 is 5.97 Å². The van der Waals surface area contributed by atoms with Gasteiger partial charge in [0.15, 0.2) is 0 Å². The largest absolute Gasteiger partial charge is 0.508 e. The van der Waals surface area contributed by atoms with Crippen LogP contribution in [0.2, 0.25) is 0 Å². The van der Waals surface area contributed by atoms with Gasteiger partial charge in [0.2, 0.25) is 23.4 Å². The standard InChI is InChI=1S/C52H67N7O9/c1-11-43(61)57-19-16-35(28-57)48(63)56(9)45(30(3)4)47(62)54-41-23-33-21-36(24-37(60)22-33)34-14-15-42-38(25-34)40(46(58(42)12-2)39-20-31(5)27-53-44(39)32(6)67-10)26-51(7,8)29-68-50(65)52(66)17-13-18-59(55-52)49(41)64/h11,14-15,20-22,24-25,27,30,32,35,41,45,55,60,66H,1,12-13,16-19,23,26,28-29H2,2-10H3,(H,54,62)/t32-,35-,41-,45-,52-/m0/s1. The van der Waals surface area contributed by atoms with Crippen LogP contribution in [0, 0.1) is 24.2 Å². The lowest BCUT2D eigenvalue weighted by atomic mass is 9.84. The third-order valence-electron chi connectivity index (χ3n) is 13.7. The van der Waals surface area contributed by atoms with Gasteiger partial charge in [-0.2, -0.15) is 5.43 Å². The highest BCUT2D eigenvalue weighted by molar-refractivity contribution is 5.96. The lowest BCUT2D eigenvalue weighted by Crippen LogP contribution is -2.67. The molecule has 2 fully saturated rings. The first kappa shape index (κ1) is 49.8. The topological polar surface area (TPSA) is 196 Å². The molecule has 0 unspecified atom stereocenters. The van der Waals surface area contributed by atoms with Crippen LogP contribution in [0.15, 0.2) is 61.3 Å². The summed E-state index contributed by atoms with van der Waals surface area (Å²) in [5.41, 5.74) is 7.39. The molecule has 7 rings (SSSR count). The van der Waals surface area contributed by atoms with Crippen molar-refractivity contribution in [2.24, 2.45) is 17.3 Å². The quantitative estimate of drug-likeness (QED) is 0.114. The molecule has 5 heterocycles. The number of methoxy groups -OCH3 is 1. The van der Waals surface area contributed by atoms with E-state index < -0.39 is 52.8 Å². The monoisotopic (exact) mass is 934 g/mol. The number of aromatic hydroxyl groups is 1. The predicted octanol–water partition coefficient (Wildman–Crippen LogP) is 5.60. The predicted molar refractivity (Wildman–Crippen MR) is 257 cm³/mol. The fourth-order valence-corrected chi connectivity index (χ4v) is 10.2. The van der Waals surface area contributed by atoms with Gasteiger partial charge in [0.05, 0.1) is 30.0 Å². The Balaban J connectivity index is 1.34. The van der Waals surface area contributed by atoms with Crippen LogP contribution in [-0.4, -0.2) is 122 Å². The smallest absolute Gasteiger partial charge is 0.355 e. The number of rotatable bonds is 10. The number of likely N-dealkylation sites (tertiary alicyclic amines) is 1. The molecule has 6 bridgehead atoms. The minimum absolute atomic E-state index is 0.0416. The zero-order valence-corrected chi connectivity index (χ0v) is 40.8. The summed E-state index contributed by atoms with van der Waals surface area (Å²) in [7, 11) is 3.21. The van der Waals surface area contributed by atoms with E-state index >= 15 is 0 Å². The molecule has 0 saturated carbocycles. The Bertz CT molecular complexity index is 2620. The van der Waals surface area contributed by atoms with E-state index in [1.165, 1.54) is 11.0 Å². The number of amides is 4. The number of nitrogens with zero attached hydrogens (tertiary/aromatic N) is 5. The average molecular weight is 934 g/mol. The summed E-state index contributed by atoms with van der Waals surface area (Å²) in [5.74, 6) is -3.73. The molecule has 16 nitrogen and oxygen atoms in total. The number of hydrazine groups is 1. The van der Waals surface area contributed by atoms with Gasteiger partial charge < -0.3 is 39.4 Å². The Hall–Kier alpha value is -6.10. The molecule has 2 aromatic heterocycles. The van der Waals surface area contributed by atoms with E-state index in [-0.39, 0.29) is 62.6 Å². The highest BCUT2D eigenvalue weighted by Crippen LogP contribution is 2.43. The van der Waals surface area contributed by atoms with Gasteiger partial charge in [0.25, 0.3) is 5.91 Å². The Labute approximate surface area is 398 Å². The lowest BCUT2D eigenvalue weighted by molar-refractivity contribution is -0.189. The second kappa shape index (κ2) is 19.9. The number of aryl methyl sites for hydroxylation is 2. The van der Waals surface area contributed by atoms with Crippen LogP contribution in [0.3, 0.4) is 0 Å². The van der Waals surface area contributed by atoms with Crippen LogP contribution in [0.25, 0.3) is 33.3 Å². The van der Waals surface area contributed by atoms with Crippen molar-refractivity contribution < 1.29 is 43.7 Å². The molecule has 364 valence electrons. The van der Waals surface area contributed by atoms with E-state index in [2.05, 4.69) is 47.0 Å². The maximum absolute atomic E-state index is 14.8. The van der Waals surface area contributed by atoms with Gasteiger partial charge in [-0.25, -0.2) is 4.79 Å². The number of hydrogen-bond donors (Lipinski definition) is 4. The zero-order chi connectivity index (χ0) is 49.4. The van der Waals surface area contributed by atoms with E-state index in [4.69, 9.17) is 14.5 Å². The number of hydrogen-bond acceptors (Lipinski definition) is 11. The summed E-state index contributed by atoms with van der Waals surface area (Å²) >= 11 is 0. The van der Waals surface area contributed by atoms with Crippen LogP contribution in [0.1, 0.15) is 89.3 Å². The van der Waals surface area contributed by atoms with Crippen molar-refractivity contribution in [3.05, 3.63) is 83.7 Å². The molecular formula is C52H67N7O9. The van der Waals surface area contributed by atoms with Gasteiger partial charge in [0.1, 0.15) is 17.8 Å². The molecule has 3 aliphatic heterocycles. The van der Waals surface area contributed by atoms with E-state index in [1.807, 2.05) is 46.0 Å². The number of cyclic esters (lactones) is 1. The van der Waals surface area contributed by atoms with E-state index in [9.17, 15) is 34.2 Å². The number of aliphatic hydroxyl groups is 1. The summed E-state index contributed by atoms with van der Waals surface area (Å²) in [5, 5.41) is 28.3. The molecule has 2 saturated heterocycles. The fraction of sp³-hybridized carbons (Fsp3) is 0.500. The summed E-state index contributed by atoms with van der Waals surface area (Å²) in [6.45, 7) is 18.5. The number of phenols is 1. The minimum atomic E-state index is -2.27. The molecule has 3 aliphatic rings. The van der Waals surface area contributed by atoms with Gasteiger partial charge in [-0.3, -0.25) is 29.2 Å². The number of likely N-dealkylation sites (N-methyl/N-ethyl adjacent to an activating group) is 1. The molecule has 0 radical (unpaired) electrons. The molecule has 0 aliphatic carbocycles. The number of carbonyl (C=O) groups is 5. The second-order valence-corrected chi connectivity index (χ2v) is 19.9. The highest BCUT2D eigenvalue weighted by atomic mass is 16.6. The van der Waals surface area contributed by atoms with Crippen molar-refractivity contribution in [1.82, 2.24) is 35.1 Å². The highest BCUT2D eigenvalue weighted by Gasteiger charge is 2.46. The van der Waals surface area contributed by atoms with Crippen molar-refractivity contribution in [3.63, 3.8) is 0 Å². The summed E-state index contributed by atoms with van der Waals surface area (Å²) in [6, 6.07) is 11.1. The third kappa shape index (κ3) is 10.0. The molecule has 0 spiro atoms. The number of pyridine rings is 1. The SMILES string of the molecule is C=CC(=O)N1CC[C@H](C(=O)N(C)[C@H](C(=O)N[C@H]2Cc3cc(O)cc(c3)-c3ccc4c(c3)c(c(-c3cc(C)cnc3[C@H](C)OC)n4CC)CC(C)(C)COC(=O)[C@@]3(O)CCCN(N3)C2=O)C(C)C)C1. The first-order valence-electron chi connectivity index (χ1n) is 23.6. The maximum Gasteiger partial charge on any atom is 0.355 e. The van der Waals surface area contributed by atoms with Crippen molar-refractivity contribution in [2.75, 3.05) is 40.4 Å². The first-order chi connectivity index (χ1) is 32.2. The van der Waals surface area contributed by atoms with Gasteiger partial charge in [-0.05, 0) is 110 Å². The fourth-order valence-electron chi connectivity index (χ4n) is 10.2. The number of benzene rings is 2. The second-order valence-electron chi connectivity index (χ2n) is 19.9. The Morgan fingerprint density at radius 2 is 1.85 bits per heavy atom. The van der Waals surface area contributed by atoms with Crippen LogP contribution in [0.4, 0.5) is 0 Å². The van der Waals surface area contributed by atoms with E-state index in [1.54, 1.807) is 45.0 Å². The number of aromatic nitrogens is 2. The molecule has 68 heavy (non-hydrogen) atoms. The normalized spacial score (nSPS) is 21.8.